The Kier molecular flexibility index (Phi) is 6.19. The van der Waals surface area contributed by atoms with Crippen molar-refractivity contribution >= 4 is 16.8 Å². The third-order valence-electron chi connectivity index (χ3n) is 4.42. The van der Waals surface area contributed by atoms with Crippen molar-refractivity contribution in [1.29, 1.82) is 0 Å². The maximum Gasteiger partial charge on any atom is 0.251 e. The molecule has 2 rings (SSSR count). The molecule has 0 radical (unpaired) electrons. The molecule has 0 saturated carbocycles. The Morgan fingerprint density at radius 1 is 1.39 bits per heavy atom. The van der Waals surface area contributed by atoms with Gasteiger partial charge in [-0.1, -0.05) is 26.3 Å². The number of aromatic nitrogens is 1. The van der Waals surface area contributed by atoms with Crippen molar-refractivity contribution in [3.05, 3.63) is 36.0 Å². The van der Waals surface area contributed by atoms with E-state index in [1.807, 2.05) is 44.3 Å². The molecule has 23 heavy (non-hydrogen) atoms. The number of aliphatic hydroxyl groups excluding tert-OH is 1. The van der Waals surface area contributed by atoms with Gasteiger partial charge in [0.2, 0.25) is 0 Å². The summed E-state index contributed by atoms with van der Waals surface area (Å²) in [7, 11) is 1.68. The number of carbonyl (C=O) groups excluding carboxylic acids is 1. The molecule has 0 spiro atoms. The largest absolute Gasteiger partial charge is 0.394 e. The topological polar surface area (TPSA) is 63.5 Å². The average molecular weight is 318 g/mol. The van der Waals surface area contributed by atoms with Crippen molar-refractivity contribution in [2.45, 2.75) is 32.9 Å². The summed E-state index contributed by atoms with van der Waals surface area (Å²) in [5.74, 6) is 0.0870. The fourth-order valence-corrected chi connectivity index (χ4v) is 2.61. The van der Waals surface area contributed by atoms with Gasteiger partial charge in [0.1, 0.15) is 0 Å². The van der Waals surface area contributed by atoms with Gasteiger partial charge in [-0.3, -0.25) is 4.79 Å². The lowest BCUT2D eigenvalue weighted by molar-refractivity contribution is 0.0891. The Labute approximate surface area is 137 Å². The first-order chi connectivity index (χ1) is 11.1. The van der Waals surface area contributed by atoms with E-state index >= 15 is 0 Å². The Hall–Kier alpha value is -1.85. The Morgan fingerprint density at radius 3 is 2.83 bits per heavy atom. The van der Waals surface area contributed by atoms with E-state index in [2.05, 4.69) is 9.88 Å². The summed E-state index contributed by atoms with van der Waals surface area (Å²) in [6.45, 7) is 5.40. The van der Waals surface area contributed by atoms with Gasteiger partial charge in [-0.25, -0.2) is 0 Å². The summed E-state index contributed by atoms with van der Waals surface area (Å²) >= 11 is 0. The Bertz CT molecular complexity index is 651. The first kappa shape index (κ1) is 17.5. The Balaban J connectivity index is 2.20. The summed E-state index contributed by atoms with van der Waals surface area (Å²) in [5.41, 5.74) is 1.62. The molecule has 1 aromatic carbocycles. The number of ether oxygens (including phenoxy) is 1. The van der Waals surface area contributed by atoms with Crippen molar-refractivity contribution in [3.8, 4) is 0 Å². The number of hydrogen-bond donors (Lipinski definition) is 2. The highest BCUT2D eigenvalue weighted by molar-refractivity contribution is 5.98. The van der Waals surface area contributed by atoms with Gasteiger partial charge >= 0.3 is 0 Å². The molecule has 1 aromatic heterocycles. The van der Waals surface area contributed by atoms with Crippen molar-refractivity contribution < 1.29 is 14.6 Å². The van der Waals surface area contributed by atoms with Gasteiger partial charge in [0, 0.05) is 30.9 Å². The van der Waals surface area contributed by atoms with Crippen LogP contribution in [-0.4, -0.2) is 41.9 Å². The van der Waals surface area contributed by atoms with E-state index in [0.29, 0.717) is 12.2 Å². The molecule has 0 saturated heterocycles. The number of nitrogens with one attached hydrogen (secondary N) is 1. The van der Waals surface area contributed by atoms with Crippen molar-refractivity contribution in [3.63, 3.8) is 0 Å². The minimum Gasteiger partial charge on any atom is -0.394 e. The van der Waals surface area contributed by atoms with Crippen LogP contribution in [0.15, 0.2) is 30.5 Å². The highest BCUT2D eigenvalue weighted by Crippen LogP contribution is 2.18. The minimum atomic E-state index is -0.219. The van der Waals surface area contributed by atoms with Gasteiger partial charge in [-0.2, -0.15) is 0 Å². The molecule has 0 aliphatic heterocycles. The second kappa shape index (κ2) is 8.13. The number of nitrogens with zero attached hydrogens (tertiary/aromatic N) is 1. The molecular formula is C18H26N2O3. The second-order valence-corrected chi connectivity index (χ2v) is 5.92. The SMILES string of the molecule is CC[C@@H](C)[C@@H](CO)NC(=O)c1ccc2ccn(CCOC)c2c1. The predicted molar refractivity (Wildman–Crippen MR) is 91.6 cm³/mol. The van der Waals surface area contributed by atoms with E-state index in [4.69, 9.17) is 4.74 Å². The molecule has 0 bridgehead atoms. The summed E-state index contributed by atoms with van der Waals surface area (Å²) in [5, 5.41) is 13.5. The molecule has 0 aliphatic rings. The quantitative estimate of drug-likeness (QED) is 0.786. The van der Waals surface area contributed by atoms with Crippen LogP contribution in [0.5, 0.6) is 0 Å². The van der Waals surface area contributed by atoms with Crippen LogP contribution in [0, 0.1) is 5.92 Å². The van der Waals surface area contributed by atoms with Crippen LogP contribution in [0.2, 0.25) is 0 Å². The van der Waals surface area contributed by atoms with Crippen molar-refractivity contribution in [2.75, 3.05) is 20.3 Å². The first-order valence-electron chi connectivity index (χ1n) is 8.10. The van der Waals surface area contributed by atoms with Crippen LogP contribution in [0.25, 0.3) is 10.9 Å². The number of hydrogen-bond acceptors (Lipinski definition) is 3. The second-order valence-electron chi connectivity index (χ2n) is 5.92. The number of amides is 1. The zero-order valence-electron chi connectivity index (χ0n) is 14.1. The van der Waals surface area contributed by atoms with Crippen molar-refractivity contribution in [2.24, 2.45) is 5.92 Å². The number of methoxy groups -OCH3 is 1. The lowest BCUT2D eigenvalue weighted by atomic mass is 9.99. The molecule has 1 heterocycles. The summed E-state index contributed by atoms with van der Waals surface area (Å²) < 4.78 is 7.20. The van der Waals surface area contributed by atoms with Crippen LogP contribution in [0.1, 0.15) is 30.6 Å². The van der Waals surface area contributed by atoms with Crippen LogP contribution >= 0.6 is 0 Å². The molecule has 5 nitrogen and oxygen atoms in total. The number of aliphatic hydroxyl groups is 1. The summed E-state index contributed by atoms with van der Waals surface area (Å²) in [6.07, 6.45) is 2.91. The zero-order valence-corrected chi connectivity index (χ0v) is 14.1. The molecule has 126 valence electrons. The number of fused-ring (bicyclic) bond motifs is 1. The fraction of sp³-hybridized carbons (Fsp3) is 0.500. The molecule has 1 amide bonds. The number of benzene rings is 1. The van der Waals surface area contributed by atoms with E-state index in [9.17, 15) is 9.90 Å². The molecule has 0 aliphatic carbocycles. The monoisotopic (exact) mass is 318 g/mol. The van der Waals surface area contributed by atoms with E-state index in [0.717, 1.165) is 23.9 Å². The van der Waals surface area contributed by atoms with E-state index in [1.54, 1.807) is 7.11 Å². The van der Waals surface area contributed by atoms with E-state index in [1.165, 1.54) is 0 Å². The van der Waals surface area contributed by atoms with Crippen LogP contribution in [0.4, 0.5) is 0 Å². The number of carbonyl (C=O) groups is 1. The molecule has 0 fully saturated rings. The zero-order chi connectivity index (χ0) is 16.8. The van der Waals surface area contributed by atoms with Gasteiger partial charge in [0.05, 0.1) is 19.3 Å². The standard InChI is InChI=1S/C18H26N2O3/c1-4-13(2)16(12-21)19-18(22)15-6-5-14-7-8-20(9-10-23-3)17(14)11-15/h5-8,11,13,16,21H,4,9-10,12H2,1-3H3,(H,19,22)/t13-,16-/m1/s1. The third-order valence-corrected chi connectivity index (χ3v) is 4.42. The molecule has 2 aromatic rings. The predicted octanol–water partition coefficient (Wildman–Crippen LogP) is 2.42. The summed E-state index contributed by atoms with van der Waals surface area (Å²) in [4.78, 5) is 12.5. The maximum atomic E-state index is 12.5. The normalized spacial score (nSPS) is 13.9. The van der Waals surface area contributed by atoms with Crippen molar-refractivity contribution in [1.82, 2.24) is 9.88 Å². The fourth-order valence-electron chi connectivity index (χ4n) is 2.61. The first-order valence-corrected chi connectivity index (χ1v) is 8.10. The minimum absolute atomic E-state index is 0.0484. The Morgan fingerprint density at radius 2 is 2.17 bits per heavy atom. The van der Waals surface area contributed by atoms with Crippen LogP contribution in [0.3, 0.4) is 0 Å². The third kappa shape index (κ3) is 4.12. The highest BCUT2D eigenvalue weighted by Gasteiger charge is 2.18. The lowest BCUT2D eigenvalue weighted by Gasteiger charge is -2.22. The van der Waals surface area contributed by atoms with Crippen LogP contribution in [-0.2, 0) is 11.3 Å². The molecule has 0 unspecified atom stereocenters. The van der Waals surface area contributed by atoms with Gasteiger partial charge in [0.25, 0.3) is 5.91 Å². The van der Waals surface area contributed by atoms with E-state index in [-0.39, 0.29) is 24.5 Å². The molecule has 5 heteroatoms. The molecule has 2 atom stereocenters. The smallest absolute Gasteiger partial charge is 0.251 e. The maximum absolute atomic E-state index is 12.5. The van der Waals surface area contributed by atoms with E-state index < -0.39 is 0 Å². The van der Waals surface area contributed by atoms with Gasteiger partial charge in [-0.15, -0.1) is 0 Å². The molecule has 2 N–H and O–H groups in total. The van der Waals surface area contributed by atoms with Gasteiger partial charge in [0.15, 0.2) is 0 Å². The van der Waals surface area contributed by atoms with Gasteiger partial charge < -0.3 is 19.7 Å². The van der Waals surface area contributed by atoms with Gasteiger partial charge in [-0.05, 0) is 29.5 Å². The number of rotatable bonds is 8. The average Bonchev–Trinajstić information content (AvgIpc) is 2.99. The molecular weight excluding hydrogens is 292 g/mol. The summed E-state index contributed by atoms with van der Waals surface area (Å²) in [6, 6.07) is 7.48. The highest BCUT2D eigenvalue weighted by atomic mass is 16.5. The van der Waals surface area contributed by atoms with Crippen LogP contribution < -0.4 is 5.32 Å². The lowest BCUT2D eigenvalue weighted by Crippen LogP contribution is -2.41.